The molecule has 0 aliphatic carbocycles. The lowest BCUT2D eigenvalue weighted by molar-refractivity contribution is 0.0681. The highest BCUT2D eigenvalue weighted by Crippen LogP contribution is 2.22. The summed E-state index contributed by atoms with van der Waals surface area (Å²) in [5, 5.41) is 0.185. The standard InChI is InChI=1S/C13H17ClN2O/c1-9-8-16(7-6-11(9)14)13(17)12-5-3-4-10(2)15-12/h3-5,9,11H,6-8H2,1-2H3. The van der Waals surface area contributed by atoms with Crippen LogP contribution >= 0.6 is 11.6 Å². The van der Waals surface area contributed by atoms with Crippen LogP contribution < -0.4 is 0 Å². The molecule has 0 N–H and O–H groups in total. The summed E-state index contributed by atoms with van der Waals surface area (Å²) in [4.78, 5) is 18.3. The van der Waals surface area contributed by atoms with E-state index in [0.29, 0.717) is 11.6 Å². The number of carbonyl (C=O) groups is 1. The molecule has 1 fully saturated rings. The first-order valence-corrected chi connectivity index (χ1v) is 6.38. The predicted octanol–water partition coefficient (Wildman–Crippen LogP) is 2.48. The van der Waals surface area contributed by atoms with Crippen LogP contribution in [-0.2, 0) is 0 Å². The van der Waals surface area contributed by atoms with Crippen molar-refractivity contribution < 1.29 is 4.79 Å². The maximum atomic E-state index is 12.2. The van der Waals surface area contributed by atoms with Gasteiger partial charge in [-0.3, -0.25) is 4.79 Å². The Hall–Kier alpha value is -1.09. The largest absolute Gasteiger partial charge is 0.337 e. The van der Waals surface area contributed by atoms with Crippen LogP contribution in [0.4, 0.5) is 0 Å². The number of rotatable bonds is 1. The van der Waals surface area contributed by atoms with Crippen LogP contribution in [0.25, 0.3) is 0 Å². The van der Waals surface area contributed by atoms with Gasteiger partial charge in [-0.1, -0.05) is 13.0 Å². The Labute approximate surface area is 107 Å². The van der Waals surface area contributed by atoms with Gasteiger partial charge < -0.3 is 4.90 Å². The zero-order valence-electron chi connectivity index (χ0n) is 10.2. The van der Waals surface area contributed by atoms with Gasteiger partial charge in [-0.2, -0.15) is 0 Å². The summed E-state index contributed by atoms with van der Waals surface area (Å²) < 4.78 is 0. The summed E-state index contributed by atoms with van der Waals surface area (Å²) in [5.41, 5.74) is 1.40. The van der Waals surface area contributed by atoms with Crippen molar-refractivity contribution in [3.05, 3.63) is 29.6 Å². The molecule has 0 bridgehead atoms. The molecule has 3 nitrogen and oxygen atoms in total. The average molecular weight is 253 g/mol. The smallest absolute Gasteiger partial charge is 0.272 e. The topological polar surface area (TPSA) is 33.2 Å². The van der Waals surface area contributed by atoms with Crippen LogP contribution in [0.3, 0.4) is 0 Å². The molecule has 2 heterocycles. The van der Waals surface area contributed by atoms with Crippen LogP contribution in [-0.4, -0.2) is 34.3 Å². The Morgan fingerprint density at radius 2 is 2.29 bits per heavy atom. The average Bonchev–Trinajstić information content (AvgIpc) is 2.32. The number of halogens is 1. The van der Waals surface area contributed by atoms with Crippen LogP contribution in [0.1, 0.15) is 29.5 Å². The number of aryl methyl sites for hydroxylation is 1. The number of aromatic nitrogens is 1. The van der Waals surface area contributed by atoms with Gasteiger partial charge in [0.2, 0.25) is 0 Å². The van der Waals surface area contributed by atoms with Crippen molar-refractivity contribution in [1.29, 1.82) is 0 Å². The van der Waals surface area contributed by atoms with Crippen LogP contribution in [0.5, 0.6) is 0 Å². The molecular formula is C13H17ClN2O. The third-order valence-corrected chi connectivity index (χ3v) is 3.84. The zero-order valence-corrected chi connectivity index (χ0v) is 10.9. The van der Waals surface area contributed by atoms with E-state index in [4.69, 9.17) is 11.6 Å². The molecule has 0 saturated carbocycles. The molecule has 1 saturated heterocycles. The number of hydrogen-bond acceptors (Lipinski definition) is 2. The van der Waals surface area contributed by atoms with E-state index >= 15 is 0 Å². The minimum atomic E-state index is 0.0177. The molecule has 2 unspecified atom stereocenters. The summed E-state index contributed by atoms with van der Waals surface area (Å²) in [5.74, 6) is 0.364. The lowest BCUT2D eigenvalue weighted by Gasteiger charge is -2.33. The van der Waals surface area contributed by atoms with Gasteiger partial charge in [-0.15, -0.1) is 11.6 Å². The van der Waals surface area contributed by atoms with E-state index in [9.17, 15) is 4.79 Å². The number of likely N-dealkylation sites (tertiary alicyclic amines) is 1. The van der Waals surface area contributed by atoms with Gasteiger partial charge in [-0.05, 0) is 31.4 Å². The Kier molecular flexibility index (Phi) is 3.67. The minimum Gasteiger partial charge on any atom is -0.337 e. The fourth-order valence-electron chi connectivity index (χ4n) is 2.13. The Morgan fingerprint density at radius 3 is 2.94 bits per heavy atom. The molecule has 2 rings (SSSR count). The number of pyridine rings is 1. The van der Waals surface area contributed by atoms with Crippen molar-refractivity contribution in [3.8, 4) is 0 Å². The molecule has 17 heavy (non-hydrogen) atoms. The van der Waals surface area contributed by atoms with Crippen molar-refractivity contribution in [2.24, 2.45) is 5.92 Å². The molecule has 0 spiro atoms. The quantitative estimate of drug-likeness (QED) is 0.720. The molecule has 1 aliphatic heterocycles. The fourth-order valence-corrected chi connectivity index (χ4v) is 2.30. The first-order chi connectivity index (χ1) is 8.08. The van der Waals surface area contributed by atoms with Crippen LogP contribution in [0.2, 0.25) is 0 Å². The van der Waals surface area contributed by atoms with Gasteiger partial charge in [-0.25, -0.2) is 4.98 Å². The maximum Gasteiger partial charge on any atom is 0.272 e. The summed E-state index contributed by atoms with van der Waals surface area (Å²) in [6, 6.07) is 5.53. The lowest BCUT2D eigenvalue weighted by Crippen LogP contribution is -2.43. The molecule has 1 aliphatic rings. The highest BCUT2D eigenvalue weighted by molar-refractivity contribution is 6.20. The predicted molar refractivity (Wildman–Crippen MR) is 68.3 cm³/mol. The highest BCUT2D eigenvalue weighted by Gasteiger charge is 2.28. The van der Waals surface area contributed by atoms with Crippen molar-refractivity contribution in [3.63, 3.8) is 0 Å². The van der Waals surface area contributed by atoms with Crippen LogP contribution in [0.15, 0.2) is 18.2 Å². The highest BCUT2D eigenvalue weighted by atomic mass is 35.5. The van der Waals surface area contributed by atoms with Gasteiger partial charge in [0.25, 0.3) is 5.91 Å². The zero-order chi connectivity index (χ0) is 12.4. The fraction of sp³-hybridized carbons (Fsp3) is 0.538. The van der Waals surface area contributed by atoms with E-state index in [-0.39, 0.29) is 11.3 Å². The first-order valence-electron chi connectivity index (χ1n) is 5.95. The third kappa shape index (κ3) is 2.78. The summed E-state index contributed by atoms with van der Waals surface area (Å²) in [6.07, 6.45) is 0.861. The molecule has 0 aromatic carbocycles. The molecule has 92 valence electrons. The Morgan fingerprint density at radius 1 is 1.53 bits per heavy atom. The number of nitrogens with zero attached hydrogens (tertiary/aromatic N) is 2. The summed E-state index contributed by atoms with van der Waals surface area (Å²) >= 11 is 6.15. The second kappa shape index (κ2) is 5.05. The van der Waals surface area contributed by atoms with Gasteiger partial charge in [0, 0.05) is 24.2 Å². The van der Waals surface area contributed by atoms with Crippen molar-refractivity contribution in [2.45, 2.75) is 25.6 Å². The molecule has 1 aromatic rings. The first kappa shape index (κ1) is 12.4. The van der Waals surface area contributed by atoms with Crippen molar-refractivity contribution >= 4 is 17.5 Å². The van der Waals surface area contributed by atoms with Gasteiger partial charge in [0.1, 0.15) is 5.69 Å². The second-order valence-electron chi connectivity index (χ2n) is 4.70. The van der Waals surface area contributed by atoms with Gasteiger partial charge in [0.05, 0.1) is 0 Å². The molecule has 1 amide bonds. The number of piperidine rings is 1. The van der Waals surface area contributed by atoms with E-state index in [0.717, 1.165) is 25.2 Å². The molecule has 1 aromatic heterocycles. The molecule has 0 radical (unpaired) electrons. The Bertz CT molecular complexity index is 422. The SMILES string of the molecule is Cc1cccc(C(=O)N2CCC(Cl)C(C)C2)n1. The van der Waals surface area contributed by atoms with E-state index in [1.165, 1.54) is 0 Å². The summed E-state index contributed by atoms with van der Waals surface area (Å²) in [7, 11) is 0. The number of alkyl halides is 1. The van der Waals surface area contributed by atoms with Crippen molar-refractivity contribution in [2.75, 3.05) is 13.1 Å². The van der Waals surface area contributed by atoms with E-state index in [1.54, 1.807) is 6.07 Å². The van der Waals surface area contributed by atoms with Gasteiger partial charge in [0.15, 0.2) is 0 Å². The van der Waals surface area contributed by atoms with Crippen LogP contribution in [0, 0.1) is 12.8 Å². The lowest BCUT2D eigenvalue weighted by atomic mass is 9.99. The number of amides is 1. The number of hydrogen-bond donors (Lipinski definition) is 0. The monoisotopic (exact) mass is 252 g/mol. The van der Waals surface area contributed by atoms with E-state index in [2.05, 4.69) is 11.9 Å². The molecule has 4 heteroatoms. The summed E-state index contributed by atoms with van der Waals surface area (Å²) in [6.45, 7) is 5.43. The van der Waals surface area contributed by atoms with Crippen molar-refractivity contribution in [1.82, 2.24) is 9.88 Å². The Balaban J connectivity index is 2.10. The molecular weight excluding hydrogens is 236 g/mol. The van der Waals surface area contributed by atoms with Gasteiger partial charge >= 0.3 is 0 Å². The second-order valence-corrected chi connectivity index (χ2v) is 5.26. The third-order valence-electron chi connectivity index (χ3n) is 3.20. The van der Waals surface area contributed by atoms with E-state index < -0.39 is 0 Å². The van der Waals surface area contributed by atoms with E-state index in [1.807, 2.05) is 24.0 Å². The normalized spacial score (nSPS) is 24.8. The molecule has 2 atom stereocenters. The maximum absolute atomic E-state index is 12.2. The minimum absolute atomic E-state index is 0.0177. The number of carbonyl (C=O) groups excluding carboxylic acids is 1.